The van der Waals surface area contributed by atoms with Gasteiger partial charge < -0.3 is 9.47 Å². The standard InChI is InChI=1S/C26H28O4/c1-25(2,3)20-14-10-13-19-18(16-15-17-11-8-7-9-12-17)21(23(27)29-22(19)20)24(28)30-26(4,5)6/h7-14,18,21H,1-6H3/t18-,21+/m1/s1. The Morgan fingerprint density at radius 2 is 1.63 bits per heavy atom. The second-order valence-corrected chi connectivity index (χ2v) is 9.52. The summed E-state index contributed by atoms with van der Waals surface area (Å²) in [6, 6.07) is 15.2. The third-order valence-corrected chi connectivity index (χ3v) is 4.78. The normalized spacial score (nSPS) is 18.5. The summed E-state index contributed by atoms with van der Waals surface area (Å²) in [7, 11) is 0. The molecule has 0 N–H and O–H groups in total. The monoisotopic (exact) mass is 404 g/mol. The Labute approximate surface area is 178 Å². The third kappa shape index (κ3) is 4.74. The SMILES string of the molecule is CC(C)(C)OC(=O)[C@@H]1C(=O)Oc2c(cccc2C(C)(C)C)[C@H]1C#Cc1ccccc1. The van der Waals surface area contributed by atoms with Gasteiger partial charge in [0.15, 0.2) is 5.92 Å². The maximum atomic E-state index is 13.0. The van der Waals surface area contributed by atoms with E-state index >= 15 is 0 Å². The fourth-order valence-corrected chi connectivity index (χ4v) is 3.43. The minimum atomic E-state index is -1.14. The molecule has 0 amide bonds. The smallest absolute Gasteiger partial charge is 0.327 e. The van der Waals surface area contributed by atoms with Crippen molar-refractivity contribution >= 4 is 11.9 Å². The molecule has 30 heavy (non-hydrogen) atoms. The lowest BCUT2D eigenvalue weighted by molar-refractivity contribution is -0.167. The molecule has 0 saturated carbocycles. The Balaban J connectivity index is 2.14. The molecule has 4 heteroatoms. The van der Waals surface area contributed by atoms with E-state index in [9.17, 15) is 9.59 Å². The number of hydrogen-bond acceptors (Lipinski definition) is 4. The molecule has 2 atom stereocenters. The van der Waals surface area contributed by atoms with Crippen molar-refractivity contribution < 1.29 is 19.1 Å². The van der Waals surface area contributed by atoms with Crippen LogP contribution in [0.15, 0.2) is 48.5 Å². The maximum Gasteiger partial charge on any atom is 0.327 e. The molecule has 1 aliphatic heterocycles. The first-order valence-corrected chi connectivity index (χ1v) is 10.1. The first kappa shape index (κ1) is 21.6. The average Bonchev–Trinajstić information content (AvgIpc) is 2.63. The van der Waals surface area contributed by atoms with E-state index in [0.717, 1.165) is 16.7 Å². The minimum absolute atomic E-state index is 0.234. The van der Waals surface area contributed by atoms with Crippen LogP contribution in [0.5, 0.6) is 5.75 Å². The van der Waals surface area contributed by atoms with Crippen LogP contribution in [0.1, 0.15) is 64.2 Å². The van der Waals surface area contributed by atoms with Gasteiger partial charge in [-0.1, -0.05) is 69.0 Å². The Hall–Kier alpha value is -3.06. The summed E-state index contributed by atoms with van der Waals surface area (Å²) in [5.41, 5.74) is 1.50. The molecule has 0 unspecified atom stereocenters. The molecule has 2 aromatic rings. The van der Waals surface area contributed by atoms with Gasteiger partial charge in [-0.2, -0.15) is 0 Å². The van der Waals surface area contributed by atoms with E-state index in [4.69, 9.17) is 9.47 Å². The highest BCUT2D eigenvalue weighted by molar-refractivity contribution is 5.99. The van der Waals surface area contributed by atoms with Gasteiger partial charge in [-0.25, -0.2) is 0 Å². The number of fused-ring (bicyclic) bond motifs is 1. The largest absolute Gasteiger partial charge is 0.459 e. The molecular weight excluding hydrogens is 376 g/mol. The first-order chi connectivity index (χ1) is 14.0. The van der Waals surface area contributed by atoms with Gasteiger partial charge in [0.1, 0.15) is 11.4 Å². The van der Waals surface area contributed by atoms with Crippen molar-refractivity contribution in [1.82, 2.24) is 0 Å². The summed E-state index contributed by atoms with van der Waals surface area (Å²) in [4.78, 5) is 25.9. The zero-order chi connectivity index (χ0) is 22.1. The van der Waals surface area contributed by atoms with Gasteiger partial charge in [0, 0.05) is 16.7 Å². The fourth-order valence-electron chi connectivity index (χ4n) is 3.43. The number of para-hydroxylation sites is 1. The molecule has 2 aromatic carbocycles. The number of ether oxygens (including phenoxy) is 2. The number of benzene rings is 2. The zero-order valence-electron chi connectivity index (χ0n) is 18.4. The molecule has 1 aliphatic rings. The van der Waals surface area contributed by atoms with Gasteiger partial charge in [0.2, 0.25) is 0 Å². The van der Waals surface area contributed by atoms with Crippen LogP contribution in [0.2, 0.25) is 0 Å². The number of carbonyl (C=O) groups excluding carboxylic acids is 2. The van der Waals surface area contributed by atoms with Crippen LogP contribution >= 0.6 is 0 Å². The van der Waals surface area contributed by atoms with Gasteiger partial charge in [-0.3, -0.25) is 9.59 Å². The highest BCUT2D eigenvalue weighted by Crippen LogP contribution is 2.44. The van der Waals surface area contributed by atoms with E-state index in [1.165, 1.54) is 0 Å². The van der Waals surface area contributed by atoms with Gasteiger partial charge in [-0.15, -0.1) is 0 Å². The molecule has 1 heterocycles. The van der Waals surface area contributed by atoms with Crippen LogP contribution in [-0.4, -0.2) is 17.5 Å². The van der Waals surface area contributed by atoms with Crippen molar-refractivity contribution in [3.63, 3.8) is 0 Å². The van der Waals surface area contributed by atoms with Crippen LogP contribution in [0.3, 0.4) is 0 Å². The number of esters is 2. The van der Waals surface area contributed by atoms with Crippen molar-refractivity contribution in [1.29, 1.82) is 0 Å². The van der Waals surface area contributed by atoms with E-state index < -0.39 is 29.4 Å². The second-order valence-electron chi connectivity index (χ2n) is 9.52. The molecule has 0 saturated heterocycles. The molecule has 0 bridgehead atoms. The lowest BCUT2D eigenvalue weighted by atomic mass is 9.78. The van der Waals surface area contributed by atoms with Crippen LogP contribution < -0.4 is 4.74 Å². The van der Waals surface area contributed by atoms with Crippen LogP contribution in [0.25, 0.3) is 0 Å². The summed E-state index contributed by atoms with van der Waals surface area (Å²) in [6.07, 6.45) is 0. The molecule has 156 valence electrons. The number of carbonyl (C=O) groups is 2. The number of rotatable bonds is 1. The van der Waals surface area contributed by atoms with Crippen LogP contribution in [-0.2, 0) is 19.7 Å². The van der Waals surface area contributed by atoms with E-state index in [-0.39, 0.29) is 5.41 Å². The molecule has 3 rings (SSSR count). The zero-order valence-corrected chi connectivity index (χ0v) is 18.4. The Morgan fingerprint density at radius 3 is 2.23 bits per heavy atom. The van der Waals surface area contributed by atoms with E-state index in [2.05, 4.69) is 32.6 Å². The van der Waals surface area contributed by atoms with Crippen LogP contribution in [0.4, 0.5) is 0 Å². The second kappa shape index (κ2) is 7.99. The summed E-state index contributed by atoms with van der Waals surface area (Å²) >= 11 is 0. The molecular formula is C26H28O4. The van der Waals surface area contributed by atoms with Crippen molar-refractivity contribution in [2.45, 2.75) is 58.5 Å². The molecule has 0 aromatic heterocycles. The first-order valence-electron chi connectivity index (χ1n) is 10.1. The topological polar surface area (TPSA) is 52.6 Å². The minimum Gasteiger partial charge on any atom is -0.459 e. The summed E-state index contributed by atoms with van der Waals surface area (Å²) in [5, 5.41) is 0. The molecule has 0 fully saturated rings. The predicted molar refractivity (Wildman–Crippen MR) is 116 cm³/mol. The summed E-state index contributed by atoms with van der Waals surface area (Å²) in [6.45, 7) is 11.5. The fraction of sp³-hybridized carbons (Fsp3) is 0.385. The molecule has 4 nitrogen and oxygen atoms in total. The van der Waals surface area contributed by atoms with Gasteiger partial charge in [0.05, 0.1) is 5.92 Å². The lowest BCUT2D eigenvalue weighted by Crippen LogP contribution is -2.41. The Bertz CT molecular complexity index is 1010. The molecule has 0 aliphatic carbocycles. The highest BCUT2D eigenvalue weighted by atomic mass is 16.6. The Kier molecular flexibility index (Phi) is 5.76. The van der Waals surface area contributed by atoms with Crippen LogP contribution in [0, 0.1) is 17.8 Å². The average molecular weight is 405 g/mol. The van der Waals surface area contributed by atoms with E-state index in [1.807, 2.05) is 48.5 Å². The van der Waals surface area contributed by atoms with Crippen molar-refractivity contribution in [2.24, 2.45) is 5.92 Å². The predicted octanol–water partition coefficient (Wildman–Crippen LogP) is 5.00. The lowest BCUT2D eigenvalue weighted by Gasteiger charge is -2.33. The Morgan fingerprint density at radius 1 is 0.967 bits per heavy atom. The van der Waals surface area contributed by atoms with E-state index in [1.54, 1.807) is 20.8 Å². The maximum absolute atomic E-state index is 13.0. The summed E-state index contributed by atoms with van der Waals surface area (Å²) in [5.74, 6) is 3.75. The van der Waals surface area contributed by atoms with Crippen molar-refractivity contribution in [3.8, 4) is 17.6 Å². The van der Waals surface area contributed by atoms with Gasteiger partial charge >= 0.3 is 11.9 Å². The highest BCUT2D eigenvalue weighted by Gasteiger charge is 2.45. The number of hydrogen-bond donors (Lipinski definition) is 0. The summed E-state index contributed by atoms with van der Waals surface area (Å²) < 4.78 is 11.2. The molecule has 0 spiro atoms. The third-order valence-electron chi connectivity index (χ3n) is 4.78. The van der Waals surface area contributed by atoms with Crippen molar-refractivity contribution in [2.75, 3.05) is 0 Å². The molecule has 0 radical (unpaired) electrons. The van der Waals surface area contributed by atoms with Gasteiger partial charge in [0.25, 0.3) is 0 Å². The van der Waals surface area contributed by atoms with E-state index in [0.29, 0.717) is 5.75 Å². The van der Waals surface area contributed by atoms with Crippen molar-refractivity contribution in [3.05, 3.63) is 65.2 Å². The quantitative estimate of drug-likeness (QED) is 0.291. The van der Waals surface area contributed by atoms with Gasteiger partial charge in [-0.05, 0) is 38.3 Å².